The molecule has 1 N–H and O–H groups in total. The van der Waals surface area contributed by atoms with E-state index in [9.17, 15) is 4.79 Å². The summed E-state index contributed by atoms with van der Waals surface area (Å²) in [6.45, 7) is 8.18. The summed E-state index contributed by atoms with van der Waals surface area (Å²) in [6, 6.07) is 0. The second-order valence-electron chi connectivity index (χ2n) is 6.26. The molecule has 0 saturated heterocycles. The number of allylic oxidation sites excluding steroid dienone is 2. The van der Waals surface area contributed by atoms with Crippen molar-refractivity contribution in [2.45, 2.75) is 45.6 Å². The van der Waals surface area contributed by atoms with Gasteiger partial charge in [-0.2, -0.15) is 0 Å². The highest BCUT2D eigenvalue weighted by Crippen LogP contribution is 2.16. The van der Waals surface area contributed by atoms with Gasteiger partial charge in [-0.1, -0.05) is 12.2 Å². The lowest BCUT2D eigenvalue weighted by Crippen LogP contribution is -2.38. The number of ether oxygens (including phenoxy) is 1. The lowest BCUT2D eigenvalue weighted by molar-refractivity contribution is 0.0300. The van der Waals surface area contributed by atoms with Gasteiger partial charge in [0.2, 0.25) is 0 Å². The van der Waals surface area contributed by atoms with Crippen LogP contribution >= 0.6 is 0 Å². The fraction of sp³-hybridized carbons (Fsp3) is 0.800. The van der Waals surface area contributed by atoms with Crippen LogP contribution in [0.15, 0.2) is 12.2 Å². The van der Waals surface area contributed by atoms with Gasteiger partial charge in [0.15, 0.2) is 0 Å². The molecular weight excluding hydrogens is 240 g/mol. The summed E-state index contributed by atoms with van der Waals surface area (Å²) in [5.74, 6) is 0.747. The number of carbonyl (C=O) groups excluding carboxylic acids is 1. The predicted octanol–water partition coefficient (Wildman–Crippen LogP) is 2.80. The molecule has 0 aliphatic heterocycles. The van der Waals surface area contributed by atoms with E-state index in [0.717, 1.165) is 19.0 Å². The largest absolute Gasteiger partial charge is 0.444 e. The molecule has 0 radical (unpaired) electrons. The minimum Gasteiger partial charge on any atom is -0.444 e. The summed E-state index contributed by atoms with van der Waals surface area (Å²) in [7, 11) is 1.78. The number of rotatable bonds is 5. The van der Waals surface area contributed by atoms with Gasteiger partial charge in [0.05, 0.1) is 0 Å². The summed E-state index contributed by atoms with van der Waals surface area (Å²) < 4.78 is 5.30. The highest BCUT2D eigenvalue weighted by molar-refractivity contribution is 5.67. The van der Waals surface area contributed by atoms with Crippen LogP contribution in [0.2, 0.25) is 0 Å². The van der Waals surface area contributed by atoms with Crippen molar-refractivity contribution in [1.29, 1.82) is 0 Å². The van der Waals surface area contributed by atoms with Gasteiger partial charge in [0, 0.05) is 20.1 Å². The van der Waals surface area contributed by atoms with Crippen molar-refractivity contribution >= 4 is 6.09 Å². The zero-order valence-electron chi connectivity index (χ0n) is 12.7. The lowest BCUT2D eigenvalue weighted by atomic mass is 9.94. The van der Waals surface area contributed by atoms with Crippen LogP contribution in [-0.2, 0) is 4.74 Å². The van der Waals surface area contributed by atoms with E-state index >= 15 is 0 Å². The van der Waals surface area contributed by atoms with E-state index in [1.165, 1.54) is 19.3 Å². The third kappa shape index (κ3) is 7.21. The van der Waals surface area contributed by atoms with Crippen molar-refractivity contribution < 1.29 is 9.53 Å². The molecule has 0 heterocycles. The Balaban J connectivity index is 2.11. The normalized spacial score (nSPS) is 19.3. The monoisotopic (exact) mass is 268 g/mol. The van der Waals surface area contributed by atoms with E-state index in [4.69, 9.17) is 4.74 Å². The van der Waals surface area contributed by atoms with Crippen molar-refractivity contribution in [2.75, 3.05) is 26.7 Å². The Morgan fingerprint density at radius 2 is 2.16 bits per heavy atom. The molecule has 0 spiro atoms. The van der Waals surface area contributed by atoms with Crippen molar-refractivity contribution in [2.24, 2.45) is 5.92 Å². The number of carbonyl (C=O) groups is 1. The molecular formula is C15H28N2O2. The average Bonchev–Trinajstić information content (AvgIpc) is 2.33. The van der Waals surface area contributed by atoms with E-state index < -0.39 is 5.60 Å². The van der Waals surface area contributed by atoms with E-state index in [1.807, 2.05) is 20.8 Å². The van der Waals surface area contributed by atoms with E-state index in [1.54, 1.807) is 11.9 Å². The predicted molar refractivity (Wildman–Crippen MR) is 78.2 cm³/mol. The highest BCUT2D eigenvalue weighted by Gasteiger charge is 2.19. The number of nitrogens with zero attached hydrogens (tertiary/aromatic N) is 1. The zero-order chi connectivity index (χ0) is 14.3. The van der Waals surface area contributed by atoms with Crippen LogP contribution in [0.25, 0.3) is 0 Å². The Morgan fingerprint density at radius 1 is 1.42 bits per heavy atom. The summed E-state index contributed by atoms with van der Waals surface area (Å²) in [5.41, 5.74) is -0.423. The fourth-order valence-electron chi connectivity index (χ4n) is 2.03. The van der Waals surface area contributed by atoms with Gasteiger partial charge >= 0.3 is 6.09 Å². The first kappa shape index (κ1) is 16.0. The summed E-state index contributed by atoms with van der Waals surface area (Å²) in [5, 5.41) is 3.42. The third-order valence-corrected chi connectivity index (χ3v) is 3.14. The fourth-order valence-corrected chi connectivity index (χ4v) is 2.03. The van der Waals surface area contributed by atoms with E-state index in [-0.39, 0.29) is 6.09 Å². The average molecular weight is 268 g/mol. The minimum atomic E-state index is -0.423. The van der Waals surface area contributed by atoms with E-state index in [0.29, 0.717) is 6.54 Å². The second-order valence-corrected chi connectivity index (χ2v) is 6.26. The molecule has 0 fully saturated rings. The first-order valence-electron chi connectivity index (χ1n) is 7.18. The molecule has 19 heavy (non-hydrogen) atoms. The second kappa shape index (κ2) is 7.53. The van der Waals surface area contributed by atoms with Crippen molar-refractivity contribution in [3.63, 3.8) is 0 Å². The van der Waals surface area contributed by atoms with Gasteiger partial charge in [-0.3, -0.25) is 0 Å². The molecule has 110 valence electrons. The maximum absolute atomic E-state index is 11.7. The standard InChI is InChI=1S/C15H28N2O2/c1-15(2,3)19-14(18)17(4)11-10-16-12-13-8-6-5-7-9-13/h5-6,13,16H,7-12H2,1-4H3. The van der Waals surface area contributed by atoms with Crippen LogP contribution < -0.4 is 5.32 Å². The van der Waals surface area contributed by atoms with Crippen LogP contribution in [0.1, 0.15) is 40.0 Å². The molecule has 1 aliphatic rings. The maximum atomic E-state index is 11.7. The van der Waals surface area contributed by atoms with Gasteiger partial charge in [0.25, 0.3) is 0 Å². The van der Waals surface area contributed by atoms with Crippen molar-refractivity contribution in [1.82, 2.24) is 10.2 Å². The van der Waals surface area contributed by atoms with Gasteiger partial charge < -0.3 is 15.0 Å². The Bertz CT molecular complexity index is 308. The molecule has 0 aromatic carbocycles. The Morgan fingerprint density at radius 3 is 2.74 bits per heavy atom. The summed E-state index contributed by atoms with van der Waals surface area (Å²) in [6.07, 6.45) is 7.91. The van der Waals surface area contributed by atoms with E-state index in [2.05, 4.69) is 17.5 Å². The van der Waals surface area contributed by atoms with Crippen LogP contribution in [0, 0.1) is 5.92 Å². The molecule has 1 aliphatic carbocycles. The third-order valence-electron chi connectivity index (χ3n) is 3.14. The van der Waals surface area contributed by atoms with Crippen molar-refractivity contribution in [3.05, 3.63) is 12.2 Å². The summed E-state index contributed by atoms with van der Waals surface area (Å²) >= 11 is 0. The number of likely N-dealkylation sites (N-methyl/N-ethyl adjacent to an activating group) is 1. The Kier molecular flexibility index (Phi) is 6.35. The molecule has 1 atom stereocenters. The van der Waals surface area contributed by atoms with Crippen molar-refractivity contribution in [3.8, 4) is 0 Å². The van der Waals surface area contributed by atoms with Crippen LogP contribution in [0.3, 0.4) is 0 Å². The molecule has 1 amide bonds. The number of hydrogen-bond donors (Lipinski definition) is 1. The highest BCUT2D eigenvalue weighted by atomic mass is 16.6. The van der Waals surface area contributed by atoms with Gasteiger partial charge in [-0.15, -0.1) is 0 Å². The molecule has 0 aromatic rings. The number of amides is 1. The van der Waals surface area contributed by atoms with Gasteiger partial charge in [-0.25, -0.2) is 4.79 Å². The minimum absolute atomic E-state index is 0.255. The first-order chi connectivity index (χ1) is 8.88. The first-order valence-corrected chi connectivity index (χ1v) is 7.18. The molecule has 1 unspecified atom stereocenters. The zero-order valence-corrected chi connectivity index (χ0v) is 12.7. The summed E-state index contributed by atoms with van der Waals surface area (Å²) in [4.78, 5) is 13.3. The molecule has 0 bridgehead atoms. The molecule has 0 aromatic heterocycles. The van der Waals surface area contributed by atoms with Gasteiger partial charge in [0.1, 0.15) is 5.60 Å². The quantitative estimate of drug-likeness (QED) is 0.616. The van der Waals surface area contributed by atoms with Crippen LogP contribution in [-0.4, -0.2) is 43.3 Å². The number of hydrogen-bond acceptors (Lipinski definition) is 3. The Labute approximate surface area is 117 Å². The topological polar surface area (TPSA) is 41.6 Å². The Hall–Kier alpha value is -1.03. The van der Waals surface area contributed by atoms with Crippen LogP contribution in [0.5, 0.6) is 0 Å². The molecule has 4 nitrogen and oxygen atoms in total. The lowest BCUT2D eigenvalue weighted by Gasteiger charge is -2.25. The molecule has 1 rings (SSSR count). The maximum Gasteiger partial charge on any atom is 0.410 e. The number of nitrogens with one attached hydrogen (secondary N) is 1. The van der Waals surface area contributed by atoms with Gasteiger partial charge in [-0.05, 0) is 52.5 Å². The van der Waals surface area contributed by atoms with Crippen LogP contribution in [0.4, 0.5) is 4.79 Å². The smallest absolute Gasteiger partial charge is 0.410 e. The SMILES string of the molecule is CN(CCNCC1CC=CCC1)C(=O)OC(C)(C)C. The molecule has 0 saturated carbocycles. The molecule has 4 heteroatoms.